The van der Waals surface area contributed by atoms with E-state index in [4.69, 9.17) is 14.6 Å². The zero-order chi connectivity index (χ0) is 31.8. The number of carbonyl (C=O) groups excluding carboxylic acids is 3. The number of amides is 2. The van der Waals surface area contributed by atoms with Gasteiger partial charge in [0.2, 0.25) is 11.8 Å². The van der Waals surface area contributed by atoms with Crippen molar-refractivity contribution < 1.29 is 29.0 Å². The van der Waals surface area contributed by atoms with Crippen LogP contribution in [0.25, 0.3) is 0 Å². The number of hydrogen-bond donors (Lipinski definition) is 3. The first-order valence-electron chi connectivity index (χ1n) is 15.3. The van der Waals surface area contributed by atoms with E-state index in [1.807, 2.05) is 66.7 Å². The largest absolute Gasteiger partial charge is 0.463 e. The van der Waals surface area contributed by atoms with Crippen molar-refractivity contribution in [3.05, 3.63) is 97.1 Å². The number of carbonyl (C=O) groups is 3. The first-order valence-corrected chi connectivity index (χ1v) is 16.4. The summed E-state index contributed by atoms with van der Waals surface area (Å²) >= 11 is 1.64. The van der Waals surface area contributed by atoms with Crippen molar-refractivity contribution in [2.45, 2.75) is 50.3 Å². The zero-order valence-corrected chi connectivity index (χ0v) is 26.5. The van der Waals surface area contributed by atoms with Gasteiger partial charge in [-0.3, -0.25) is 14.4 Å². The van der Waals surface area contributed by atoms with Crippen LogP contribution in [-0.4, -0.2) is 67.7 Å². The number of rotatable bonds is 24. The second-order valence-electron chi connectivity index (χ2n) is 10.6. The molecule has 2 rings (SSSR count). The molecule has 3 atom stereocenters. The van der Waals surface area contributed by atoms with Crippen LogP contribution in [-0.2, 0) is 36.0 Å². The molecule has 240 valence electrons. The number of benzene rings is 2. The second-order valence-corrected chi connectivity index (χ2v) is 11.6. The van der Waals surface area contributed by atoms with Crippen LogP contribution >= 0.6 is 11.8 Å². The fourth-order valence-corrected chi connectivity index (χ4v) is 5.57. The van der Waals surface area contributed by atoms with E-state index in [1.54, 1.807) is 17.8 Å². The number of ether oxygens (including phenoxy) is 2. The summed E-state index contributed by atoms with van der Waals surface area (Å²) in [5.74, 6) is -0.485. The molecule has 0 aliphatic heterocycles. The minimum atomic E-state index is -0.618. The quantitative estimate of drug-likeness (QED) is 0.0868. The fourth-order valence-electron chi connectivity index (χ4n) is 4.56. The number of aliphatic hydroxyl groups excluding tert-OH is 1. The van der Waals surface area contributed by atoms with Gasteiger partial charge in [-0.1, -0.05) is 72.8 Å². The van der Waals surface area contributed by atoms with Gasteiger partial charge in [0.05, 0.1) is 37.7 Å². The molecule has 0 spiro atoms. The lowest BCUT2D eigenvalue weighted by atomic mass is 9.94. The first-order chi connectivity index (χ1) is 21.5. The molecule has 0 saturated heterocycles. The van der Waals surface area contributed by atoms with E-state index in [-0.39, 0.29) is 63.1 Å². The Bertz CT molecular complexity index is 1110. The smallest absolute Gasteiger partial charge is 0.309 e. The summed E-state index contributed by atoms with van der Waals surface area (Å²) in [7, 11) is 0. The molecule has 0 saturated carbocycles. The third-order valence-electron chi connectivity index (χ3n) is 6.88. The van der Waals surface area contributed by atoms with E-state index >= 15 is 0 Å². The van der Waals surface area contributed by atoms with Crippen molar-refractivity contribution in [1.82, 2.24) is 10.6 Å². The molecule has 3 unspecified atom stereocenters. The number of unbranched alkanes of at least 4 members (excludes halogenated alkanes) is 1. The highest BCUT2D eigenvalue weighted by atomic mass is 32.2. The predicted octanol–water partition coefficient (Wildman–Crippen LogP) is 4.87. The average molecular weight is 625 g/mol. The van der Waals surface area contributed by atoms with E-state index in [9.17, 15) is 14.4 Å². The van der Waals surface area contributed by atoms with Crippen LogP contribution < -0.4 is 10.6 Å². The highest BCUT2D eigenvalue weighted by molar-refractivity contribution is 7.98. The summed E-state index contributed by atoms with van der Waals surface area (Å²) < 4.78 is 11.0. The Morgan fingerprint density at radius 2 is 1.64 bits per heavy atom. The van der Waals surface area contributed by atoms with Crippen LogP contribution in [0, 0.1) is 11.8 Å². The third kappa shape index (κ3) is 15.9. The lowest BCUT2D eigenvalue weighted by molar-refractivity contribution is -0.150. The molecule has 44 heavy (non-hydrogen) atoms. The van der Waals surface area contributed by atoms with Crippen LogP contribution in [0.15, 0.2) is 86.0 Å². The molecule has 9 heteroatoms. The second kappa shape index (κ2) is 23.0. The van der Waals surface area contributed by atoms with Crippen molar-refractivity contribution in [3.8, 4) is 0 Å². The van der Waals surface area contributed by atoms with Crippen molar-refractivity contribution in [2.24, 2.45) is 11.8 Å². The maximum absolute atomic E-state index is 13.4. The van der Waals surface area contributed by atoms with Gasteiger partial charge in [0.1, 0.15) is 6.61 Å². The van der Waals surface area contributed by atoms with Crippen LogP contribution in [0.1, 0.15) is 43.2 Å². The van der Waals surface area contributed by atoms with Gasteiger partial charge in [0, 0.05) is 24.5 Å². The average Bonchev–Trinajstić information content (AvgIpc) is 3.03. The number of aliphatic hydroxyl groups is 1. The monoisotopic (exact) mass is 624 g/mol. The van der Waals surface area contributed by atoms with Gasteiger partial charge in [-0.05, 0) is 43.2 Å². The Morgan fingerprint density at radius 1 is 0.932 bits per heavy atom. The fraction of sp³-hybridized carbons (Fsp3) is 0.457. The molecule has 0 radical (unpaired) electrons. The van der Waals surface area contributed by atoms with Gasteiger partial charge < -0.3 is 25.2 Å². The Labute approximate surface area is 266 Å². The maximum atomic E-state index is 13.4. The van der Waals surface area contributed by atoms with Crippen molar-refractivity contribution in [1.29, 1.82) is 0 Å². The third-order valence-corrected chi connectivity index (χ3v) is 8.06. The molecule has 0 bridgehead atoms. The summed E-state index contributed by atoms with van der Waals surface area (Å²) in [5, 5.41) is 14.6. The summed E-state index contributed by atoms with van der Waals surface area (Å²) in [6, 6.07) is 19.5. The molecule has 0 fully saturated rings. The highest BCUT2D eigenvalue weighted by Gasteiger charge is 2.26. The number of nitrogens with one attached hydrogen (secondary N) is 2. The van der Waals surface area contributed by atoms with E-state index in [2.05, 4.69) is 23.8 Å². The van der Waals surface area contributed by atoms with Crippen LogP contribution in [0.4, 0.5) is 0 Å². The SMILES string of the molecule is C=CCCCC(Cc1ccccc1)C(=O)OCC(CSCc1ccccc1)NC(=O)C(CC=C)CC(=O)NCCOCCO. The summed E-state index contributed by atoms with van der Waals surface area (Å²) in [6.45, 7) is 8.26. The number of thioether (sulfide) groups is 1. The van der Waals surface area contributed by atoms with Crippen molar-refractivity contribution in [3.63, 3.8) is 0 Å². The summed E-state index contributed by atoms with van der Waals surface area (Å²) in [6.07, 6.45) is 6.71. The lowest BCUT2D eigenvalue weighted by Gasteiger charge is -2.23. The normalized spacial score (nSPS) is 12.8. The van der Waals surface area contributed by atoms with Gasteiger partial charge >= 0.3 is 5.97 Å². The van der Waals surface area contributed by atoms with Crippen LogP contribution in [0.2, 0.25) is 0 Å². The minimum absolute atomic E-state index is 0.00995. The Kier molecular flexibility index (Phi) is 19.3. The van der Waals surface area contributed by atoms with E-state index in [0.29, 0.717) is 25.0 Å². The van der Waals surface area contributed by atoms with Crippen LogP contribution in [0.5, 0.6) is 0 Å². The van der Waals surface area contributed by atoms with Crippen LogP contribution in [0.3, 0.4) is 0 Å². The molecule has 3 N–H and O–H groups in total. The van der Waals surface area contributed by atoms with Gasteiger partial charge in [0.15, 0.2) is 0 Å². The lowest BCUT2D eigenvalue weighted by Crippen LogP contribution is -2.45. The molecule has 2 aromatic carbocycles. The molecule has 0 aliphatic carbocycles. The van der Waals surface area contributed by atoms with Gasteiger partial charge in [0.25, 0.3) is 0 Å². The topological polar surface area (TPSA) is 114 Å². The highest BCUT2D eigenvalue weighted by Crippen LogP contribution is 2.19. The molecule has 8 nitrogen and oxygen atoms in total. The maximum Gasteiger partial charge on any atom is 0.309 e. The number of allylic oxidation sites excluding steroid dienone is 2. The predicted molar refractivity (Wildman–Crippen MR) is 177 cm³/mol. The molecule has 0 heterocycles. The number of hydrogen-bond acceptors (Lipinski definition) is 7. The molecule has 2 aromatic rings. The zero-order valence-electron chi connectivity index (χ0n) is 25.7. The van der Waals surface area contributed by atoms with Crippen molar-refractivity contribution in [2.75, 3.05) is 38.7 Å². The van der Waals surface area contributed by atoms with E-state index in [0.717, 1.165) is 29.7 Å². The molecular weight excluding hydrogens is 576 g/mol. The molecule has 2 amide bonds. The summed E-state index contributed by atoms with van der Waals surface area (Å²) in [4.78, 5) is 39.2. The van der Waals surface area contributed by atoms with Gasteiger partial charge in [-0.15, -0.1) is 13.2 Å². The van der Waals surface area contributed by atoms with E-state index in [1.165, 1.54) is 0 Å². The Morgan fingerprint density at radius 3 is 2.30 bits per heavy atom. The molecular formula is C35H48N2O6S. The van der Waals surface area contributed by atoms with E-state index < -0.39 is 12.0 Å². The van der Waals surface area contributed by atoms with Crippen molar-refractivity contribution >= 4 is 29.5 Å². The minimum Gasteiger partial charge on any atom is -0.463 e. The standard InChI is InChI=1S/C35H48N2O6S/c1-3-5-8-18-31(23-28-14-9-6-10-15-28)35(41)43-25-32(27-44-26-29-16-11-7-12-17-29)37-34(40)30(13-4-2)24-33(39)36-19-21-42-22-20-38/h3-4,6-7,9-12,14-17,30-32,38H,1-2,5,8,13,18-27H2,(H,36,39)(H,37,40). The first kappa shape index (κ1) is 36.8. The Hall–Kier alpha value is -3.40. The van der Waals surface area contributed by atoms with Gasteiger partial charge in [-0.25, -0.2) is 0 Å². The van der Waals surface area contributed by atoms with Gasteiger partial charge in [-0.2, -0.15) is 11.8 Å². The Balaban J connectivity index is 2.04. The molecule has 0 aliphatic rings. The molecule has 0 aromatic heterocycles. The summed E-state index contributed by atoms with van der Waals surface area (Å²) in [5.41, 5.74) is 2.23. The number of esters is 1.